The Morgan fingerprint density at radius 2 is 1.82 bits per heavy atom. The zero-order valence-corrected chi connectivity index (χ0v) is 16.6. The fraction of sp³-hybridized carbons (Fsp3) is 0.421. The highest BCUT2D eigenvalue weighted by molar-refractivity contribution is 5.74. The van der Waals surface area contributed by atoms with Crippen LogP contribution in [0.15, 0.2) is 39.9 Å². The molecule has 0 aliphatic rings. The summed E-state index contributed by atoms with van der Waals surface area (Å²) in [5, 5.41) is 13.9. The highest BCUT2D eigenvalue weighted by atomic mass is 16.3. The molecular weight excluding hydrogens is 360 g/mol. The largest absolute Gasteiger partial charge is 0.387 e. The van der Waals surface area contributed by atoms with Crippen molar-refractivity contribution in [3.05, 3.63) is 56.7 Å². The van der Waals surface area contributed by atoms with Crippen LogP contribution in [0.5, 0.6) is 0 Å². The van der Waals surface area contributed by atoms with Gasteiger partial charge in [0.05, 0.1) is 12.6 Å². The number of benzene rings is 1. The molecule has 2 heterocycles. The lowest BCUT2D eigenvalue weighted by Gasteiger charge is -2.16. The summed E-state index contributed by atoms with van der Waals surface area (Å²) in [6, 6.07) is 9.24. The van der Waals surface area contributed by atoms with Crippen molar-refractivity contribution in [2.45, 2.75) is 12.6 Å². The zero-order chi connectivity index (χ0) is 20.4. The normalized spacial score (nSPS) is 12.6. The van der Waals surface area contributed by atoms with E-state index in [0.29, 0.717) is 18.1 Å². The molecule has 0 aliphatic heterocycles. The Labute approximate surface area is 162 Å². The van der Waals surface area contributed by atoms with Gasteiger partial charge in [0, 0.05) is 27.2 Å². The van der Waals surface area contributed by atoms with Crippen LogP contribution in [0.2, 0.25) is 0 Å². The first-order valence-corrected chi connectivity index (χ1v) is 9.09. The quantitative estimate of drug-likeness (QED) is 0.600. The molecule has 150 valence electrons. The predicted molar refractivity (Wildman–Crippen MR) is 109 cm³/mol. The molecule has 0 fully saturated rings. The number of hydrogen-bond donors (Lipinski definition) is 2. The molecule has 2 N–H and O–H groups in total. The van der Waals surface area contributed by atoms with Gasteiger partial charge in [-0.3, -0.25) is 13.9 Å². The summed E-state index contributed by atoms with van der Waals surface area (Å²) in [7, 11) is 6.94. The monoisotopic (exact) mass is 386 g/mol. The number of aliphatic hydroxyl groups excluding tert-OH is 1. The maximum atomic E-state index is 12.8. The second kappa shape index (κ2) is 7.99. The van der Waals surface area contributed by atoms with Crippen LogP contribution in [0, 0.1) is 0 Å². The van der Waals surface area contributed by atoms with Gasteiger partial charge in [-0.1, -0.05) is 30.3 Å². The second-order valence-electron chi connectivity index (χ2n) is 7.08. The third-order valence-electron chi connectivity index (χ3n) is 4.73. The molecule has 3 aromatic rings. The van der Waals surface area contributed by atoms with Gasteiger partial charge < -0.3 is 19.9 Å². The number of aryl methyl sites for hydroxylation is 1. The minimum Gasteiger partial charge on any atom is -0.387 e. The first-order valence-electron chi connectivity index (χ1n) is 9.09. The van der Waals surface area contributed by atoms with Crippen molar-refractivity contribution in [2.24, 2.45) is 14.1 Å². The van der Waals surface area contributed by atoms with Crippen LogP contribution in [0.25, 0.3) is 11.2 Å². The molecule has 0 saturated heterocycles. The molecule has 0 bridgehead atoms. The van der Waals surface area contributed by atoms with E-state index in [9.17, 15) is 14.7 Å². The third kappa shape index (κ3) is 3.71. The first-order chi connectivity index (χ1) is 13.3. The molecule has 1 unspecified atom stereocenters. The van der Waals surface area contributed by atoms with Gasteiger partial charge in [-0.15, -0.1) is 0 Å². The molecule has 1 atom stereocenters. The van der Waals surface area contributed by atoms with Crippen LogP contribution < -0.4 is 16.6 Å². The lowest BCUT2D eigenvalue weighted by atomic mass is 10.1. The molecule has 1 aromatic carbocycles. The summed E-state index contributed by atoms with van der Waals surface area (Å²) in [6.45, 7) is 1.51. The Morgan fingerprint density at radius 3 is 2.46 bits per heavy atom. The van der Waals surface area contributed by atoms with Crippen molar-refractivity contribution < 1.29 is 5.11 Å². The summed E-state index contributed by atoms with van der Waals surface area (Å²) in [5.41, 5.74) is 0.440. The topological polar surface area (TPSA) is 97.3 Å². The van der Waals surface area contributed by atoms with Gasteiger partial charge in [-0.05, 0) is 19.7 Å². The second-order valence-corrected chi connectivity index (χ2v) is 7.08. The molecular formula is C19H26N6O3. The molecule has 28 heavy (non-hydrogen) atoms. The number of aromatic nitrogens is 4. The van der Waals surface area contributed by atoms with Crippen LogP contribution in [-0.4, -0.2) is 55.9 Å². The minimum atomic E-state index is -0.824. The van der Waals surface area contributed by atoms with Crippen LogP contribution in [0.3, 0.4) is 0 Å². The van der Waals surface area contributed by atoms with Gasteiger partial charge in [0.15, 0.2) is 11.2 Å². The molecule has 9 nitrogen and oxygen atoms in total. The number of aliphatic hydroxyl groups is 1. The maximum Gasteiger partial charge on any atom is 0.332 e. The number of anilines is 1. The molecule has 0 radical (unpaired) electrons. The number of likely N-dealkylation sites (N-methyl/N-ethyl adjacent to an activating group) is 1. The predicted octanol–water partition coefficient (Wildman–Crippen LogP) is 0.141. The van der Waals surface area contributed by atoms with E-state index in [2.05, 4.69) is 10.3 Å². The fourth-order valence-electron chi connectivity index (χ4n) is 3.10. The van der Waals surface area contributed by atoms with E-state index in [-0.39, 0.29) is 12.1 Å². The van der Waals surface area contributed by atoms with Crippen LogP contribution in [0.4, 0.5) is 5.95 Å². The Kier molecular flexibility index (Phi) is 5.66. The highest BCUT2D eigenvalue weighted by Crippen LogP contribution is 2.21. The minimum absolute atomic E-state index is 0.137. The van der Waals surface area contributed by atoms with Crippen molar-refractivity contribution in [3.63, 3.8) is 0 Å². The summed E-state index contributed by atoms with van der Waals surface area (Å²) >= 11 is 0. The Morgan fingerprint density at radius 1 is 1.14 bits per heavy atom. The maximum absolute atomic E-state index is 12.8. The summed E-state index contributed by atoms with van der Waals surface area (Å²) in [6.07, 6.45) is -0.824. The standard InChI is InChI=1S/C19H26N6O3/c1-22(2)11-10-20-18-21-16-15(17(27)24(4)19(28)23(16)3)25(18)12-14(26)13-8-6-5-7-9-13/h5-9,14,26H,10-12H2,1-4H3,(H,20,21). The van der Waals surface area contributed by atoms with E-state index in [1.165, 1.54) is 11.6 Å². The number of rotatable bonds is 7. The van der Waals surface area contributed by atoms with Gasteiger partial charge in [0.1, 0.15) is 0 Å². The van der Waals surface area contributed by atoms with E-state index < -0.39 is 17.4 Å². The zero-order valence-electron chi connectivity index (χ0n) is 16.6. The Balaban J connectivity index is 2.11. The van der Waals surface area contributed by atoms with E-state index in [1.54, 1.807) is 11.6 Å². The molecule has 3 rings (SSSR count). The van der Waals surface area contributed by atoms with E-state index >= 15 is 0 Å². The van der Waals surface area contributed by atoms with Crippen LogP contribution >= 0.6 is 0 Å². The molecule has 0 aliphatic carbocycles. The van der Waals surface area contributed by atoms with Gasteiger partial charge >= 0.3 is 5.69 Å². The molecule has 9 heteroatoms. The number of nitrogens with one attached hydrogen (secondary N) is 1. The summed E-state index contributed by atoms with van der Waals surface area (Å²) in [5.74, 6) is 0.449. The van der Waals surface area contributed by atoms with E-state index in [0.717, 1.165) is 16.7 Å². The van der Waals surface area contributed by atoms with Crippen molar-refractivity contribution in [2.75, 3.05) is 32.5 Å². The Bertz CT molecular complexity index is 1080. The van der Waals surface area contributed by atoms with Gasteiger partial charge in [0.2, 0.25) is 5.95 Å². The fourth-order valence-corrected chi connectivity index (χ4v) is 3.10. The number of fused-ring (bicyclic) bond motifs is 1. The summed E-state index contributed by atoms with van der Waals surface area (Å²) in [4.78, 5) is 31.6. The number of hydrogen-bond acceptors (Lipinski definition) is 6. The first kappa shape index (κ1) is 19.8. The average Bonchev–Trinajstić information content (AvgIpc) is 3.03. The lowest BCUT2D eigenvalue weighted by Crippen LogP contribution is -2.37. The smallest absolute Gasteiger partial charge is 0.332 e. The van der Waals surface area contributed by atoms with Crippen molar-refractivity contribution in [1.29, 1.82) is 0 Å². The van der Waals surface area contributed by atoms with Crippen molar-refractivity contribution in [1.82, 2.24) is 23.6 Å². The van der Waals surface area contributed by atoms with Crippen molar-refractivity contribution in [3.8, 4) is 0 Å². The van der Waals surface area contributed by atoms with Gasteiger partial charge in [-0.2, -0.15) is 4.98 Å². The van der Waals surface area contributed by atoms with Gasteiger partial charge in [-0.25, -0.2) is 4.79 Å². The molecule has 2 aromatic heterocycles. The third-order valence-corrected chi connectivity index (χ3v) is 4.73. The summed E-state index contributed by atoms with van der Waals surface area (Å²) < 4.78 is 4.06. The molecule has 0 amide bonds. The Hall–Kier alpha value is -2.91. The lowest BCUT2D eigenvalue weighted by molar-refractivity contribution is 0.158. The number of nitrogens with zero attached hydrogens (tertiary/aromatic N) is 5. The van der Waals surface area contributed by atoms with Gasteiger partial charge in [0.25, 0.3) is 5.56 Å². The van der Waals surface area contributed by atoms with E-state index in [1.807, 2.05) is 49.3 Å². The average molecular weight is 386 g/mol. The number of imidazole rings is 1. The van der Waals surface area contributed by atoms with Crippen LogP contribution in [0.1, 0.15) is 11.7 Å². The highest BCUT2D eigenvalue weighted by Gasteiger charge is 2.21. The van der Waals surface area contributed by atoms with Crippen molar-refractivity contribution >= 4 is 17.1 Å². The molecule has 0 spiro atoms. The SMILES string of the molecule is CN(C)CCNc1nc2c(c(=O)n(C)c(=O)n2C)n1CC(O)c1ccccc1. The van der Waals surface area contributed by atoms with Crippen LogP contribution in [-0.2, 0) is 20.6 Å². The van der Waals surface area contributed by atoms with E-state index in [4.69, 9.17) is 0 Å². The molecule has 0 saturated carbocycles.